The quantitative estimate of drug-likeness (QED) is 0.524. The first kappa shape index (κ1) is 16.8. The monoisotopic (exact) mass is 328 g/mol. The van der Waals surface area contributed by atoms with Crippen LogP contribution in [0.15, 0.2) is 29.3 Å². The fourth-order valence-corrected chi connectivity index (χ4v) is 3.59. The van der Waals surface area contributed by atoms with Gasteiger partial charge >= 0.3 is 0 Å². The highest BCUT2D eigenvalue weighted by Crippen LogP contribution is 2.23. The molecule has 24 heavy (non-hydrogen) atoms. The van der Waals surface area contributed by atoms with Crippen molar-refractivity contribution in [2.45, 2.75) is 45.7 Å². The van der Waals surface area contributed by atoms with Crippen LogP contribution in [0.1, 0.15) is 43.7 Å². The summed E-state index contributed by atoms with van der Waals surface area (Å²) < 4.78 is 0. The van der Waals surface area contributed by atoms with Crippen LogP contribution in [0, 0.1) is 5.92 Å². The van der Waals surface area contributed by atoms with Gasteiger partial charge in [-0.15, -0.1) is 0 Å². The number of hydrogen-bond acceptors (Lipinski definition) is 2. The summed E-state index contributed by atoms with van der Waals surface area (Å²) in [4.78, 5) is 20.9. The molecular formula is C19H28N4O. The van der Waals surface area contributed by atoms with Crippen LogP contribution >= 0.6 is 0 Å². The molecule has 5 nitrogen and oxygen atoms in total. The van der Waals surface area contributed by atoms with Crippen LogP contribution in [0.4, 0.5) is 0 Å². The lowest BCUT2D eigenvalue weighted by Crippen LogP contribution is -2.43. The summed E-state index contributed by atoms with van der Waals surface area (Å²) in [5, 5.41) is 0. The third kappa shape index (κ3) is 4.08. The van der Waals surface area contributed by atoms with Gasteiger partial charge in [-0.2, -0.15) is 0 Å². The minimum Gasteiger partial charge on any atom is -0.370 e. The van der Waals surface area contributed by atoms with Gasteiger partial charge in [0.05, 0.1) is 0 Å². The van der Waals surface area contributed by atoms with Crippen molar-refractivity contribution in [2.75, 3.05) is 19.6 Å². The van der Waals surface area contributed by atoms with Gasteiger partial charge < -0.3 is 15.5 Å². The zero-order valence-electron chi connectivity index (χ0n) is 14.6. The van der Waals surface area contributed by atoms with E-state index in [4.69, 9.17) is 5.73 Å². The summed E-state index contributed by atoms with van der Waals surface area (Å²) in [6.45, 7) is 6.37. The number of aliphatic imine (C=N–C) groups is 1. The van der Waals surface area contributed by atoms with E-state index in [-0.39, 0.29) is 5.91 Å². The lowest BCUT2D eigenvalue weighted by atomic mass is 10.0. The second-order valence-electron chi connectivity index (χ2n) is 7.06. The first-order valence-corrected chi connectivity index (χ1v) is 9.03. The van der Waals surface area contributed by atoms with Crippen molar-refractivity contribution >= 4 is 11.9 Å². The predicted octanol–water partition coefficient (Wildman–Crippen LogP) is 2.36. The van der Waals surface area contributed by atoms with Crippen LogP contribution in [-0.2, 0) is 17.9 Å². The summed E-state index contributed by atoms with van der Waals surface area (Å²) in [5.74, 6) is 1.54. The van der Waals surface area contributed by atoms with Gasteiger partial charge in [-0.1, -0.05) is 31.2 Å². The Morgan fingerprint density at radius 1 is 1.25 bits per heavy atom. The number of carbonyl (C=O) groups excluding carboxylic acids is 1. The topological polar surface area (TPSA) is 61.9 Å². The number of guanidine groups is 1. The number of benzene rings is 1. The zero-order chi connectivity index (χ0) is 16.9. The Bertz CT molecular complexity index is 588. The van der Waals surface area contributed by atoms with E-state index in [1.807, 2.05) is 17.0 Å². The fourth-order valence-electron chi connectivity index (χ4n) is 3.59. The van der Waals surface area contributed by atoms with E-state index in [0.717, 1.165) is 32.6 Å². The maximum atomic E-state index is 12.3. The van der Waals surface area contributed by atoms with Crippen LogP contribution in [0.3, 0.4) is 0 Å². The Morgan fingerprint density at radius 2 is 1.96 bits per heavy atom. The van der Waals surface area contributed by atoms with E-state index < -0.39 is 0 Å². The highest BCUT2D eigenvalue weighted by Gasteiger charge is 2.22. The van der Waals surface area contributed by atoms with Crippen LogP contribution < -0.4 is 5.73 Å². The van der Waals surface area contributed by atoms with Crippen LogP contribution in [0.2, 0.25) is 0 Å². The van der Waals surface area contributed by atoms with Crippen molar-refractivity contribution in [3.05, 3.63) is 35.4 Å². The average Bonchev–Trinajstić information content (AvgIpc) is 3.02. The SMILES string of the molecule is CC1CCCN(C(N)=NCCCC(=O)N2Cc3ccccc3C2)C1. The van der Waals surface area contributed by atoms with Crippen molar-refractivity contribution in [1.29, 1.82) is 0 Å². The van der Waals surface area contributed by atoms with Gasteiger partial charge in [-0.3, -0.25) is 9.79 Å². The van der Waals surface area contributed by atoms with E-state index in [2.05, 4.69) is 28.9 Å². The van der Waals surface area contributed by atoms with Crippen LogP contribution in [-0.4, -0.2) is 41.3 Å². The molecule has 2 N–H and O–H groups in total. The molecule has 0 saturated carbocycles. The number of carbonyl (C=O) groups is 1. The molecule has 130 valence electrons. The maximum absolute atomic E-state index is 12.3. The lowest BCUT2D eigenvalue weighted by Gasteiger charge is -2.31. The van der Waals surface area contributed by atoms with Crippen LogP contribution in [0.25, 0.3) is 0 Å². The van der Waals surface area contributed by atoms with Crippen molar-refractivity contribution < 1.29 is 4.79 Å². The molecular weight excluding hydrogens is 300 g/mol. The summed E-state index contributed by atoms with van der Waals surface area (Å²) in [5.41, 5.74) is 8.63. The van der Waals surface area contributed by atoms with Gasteiger partial charge in [0.2, 0.25) is 5.91 Å². The smallest absolute Gasteiger partial charge is 0.223 e. The average molecular weight is 328 g/mol. The van der Waals surface area contributed by atoms with E-state index in [1.165, 1.54) is 24.0 Å². The normalized spacial score (nSPS) is 21.0. The molecule has 2 aliphatic rings. The van der Waals surface area contributed by atoms with Gasteiger partial charge in [0, 0.05) is 39.1 Å². The summed E-state index contributed by atoms with van der Waals surface area (Å²) in [6, 6.07) is 8.28. The molecule has 2 heterocycles. The van der Waals surface area contributed by atoms with Crippen molar-refractivity contribution in [3.63, 3.8) is 0 Å². The Hall–Kier alpha value is -2.04. The molecule has 0 aromatic heterocycles. The third-order valence-electron chi connectivity index (χ3n) is 5.00. The Balaban J connectivity index is 1.40. The maximum Gasteiger partial charge on any atom is 0.223 e. The van der Waals surface area contributed by atoms with Gasteiger partial charge in [-0.05, 0) is 36.3 Å². The number of rotatable bonds is 4. The molecule has 1 aromatic carbocycles. The number of fused-ring (bicyclic) bond motifs is 1. The minimum absolute atomic E-state index is 0.214. The molecule has 1 amide bonds. The number of nitrogens with zero attached hydrogens (tertiary/aromatic N) is 3. The molecule has 1 saturated heterocycles. The second kappa shape index (κ2) is 7.69. The minimum atomic E-state index is 0.214. The van der Waals surface area contributed by atoms with Crippen LogP contribution in [0.5, 0.6) is 0 Å². The van der Waals surface area contributed by atoms with E-state index in [1.54, 1.807) is 0 Å². The first-order valence-electron chi connectivity index (χ1n) is 9.03. The van der Waals surface area contributed by atoms with Gasteiger partial charge in [0.25, 0.3) is 0 Å². The Morgan fingerprint density at radius 3 is 2.62 bits per heavy atom. The van der Waals surface area contributed by atoms with Crippen molar-refractivity contribution in [3.8, 4) is 0 Å². The van der Waals surface area contributed by atoms with E-state index in [0.29, 0.717) is 24.8 Å². The second-order valence-corrected chi connectivity index (χ2v) is 7.06. The Kier molecular flexibility index (Phi) is 5.38. The molecule has 5 heteroatoms. The van der Waals surface area contributed by atoms with Gasteiger partial charge in [0.1, 0.15) is 0 Å². The van der Waals surface area contributed by atoms with E-state index in [9.17, 15) is 4.79 Å². The standard InChI is InChI=1S/C19H28N4O/c1-15-6-5-11-22(12-15)19(20)21-10-4-9-18(24)23-13-16-7-2-3-8-17(16)14-23/h2-3,7-8,15H,4-6,9-14H2,1H3,(H2,20,21). The summed E-state index contributed by atoms with van der Waals surface area (Å²) >= 11 is 0. The number of hydrogen-bond donors (Lipinski definition) is 1. The fraction of sp³-hybridized carbons (Fsp3) is 0.579. The summed E-state index contributed by atoms with van der Waals surface area (Å²) in [6.07, 6.45) is 3.76. The molecule has 0 bridgehead atoms. The lowest BCUT2D eigenvalue weighted by molar-refractivity contribution is -0.131. The van der Waals surface area contributed by atoms with E-state index >= 15 is 0 Å². The number of piperidine rings is 1. The third-order valence-corrected chi connectivity index (χ3v) is 5.00. The molecule has 2 aliphatic heterocycles. The number of likely N-dealkylation sites (tertiary alicyclic amines) is 1. The zero-order valence-corrected chi connectivity index (χ0v) is 14.6. The predicted molar refractivity (Wildman–Crippen MR) is 96.4 cm³/mol. The van der Waals surface area contributed by atoms with Gasteiger partial charge in [0.15, 0.2) is 5.96 Å². The molecule has 3 rings (SSSR count). The molecule has 0 radical (unpaired) electrons. The Labute approximate surface area is 144 Å². The molecule has 0 spiro atoms. The number of nitrogens with two attached hydrogens (primary N) is 1. The highest BCUT2D eigenvalue weighted by molar-refractivity contribution is 5.78. The molecule has 0 aliphatic carbocycles. The molecule has 1 atom stereocenters. The van der Waals surface area contributed by atoms with Gasteiger partial charge in [-0.25, -0.2) is 0 Å². The first-order chi connectivity index (χ1) is 11.6. The molecule has 1 aromatic rings. The summed E-state index contributed by atoms with van der Waals surface area (Å²) in [7, 11) is 0. The van der Waals surface area contributed by atoms with Crippen molar-refractivity contribution in [2.24, 2.45) is 16.6 Å². The molecule has 1 unspecified atom stereocenters. The number of amides is 1. The molecule has 1 fully saturated rings. The van der Waals surface area contributed by atoms with Crippen molar-refractivity contribution in [1.82, 2.24) is 9.80 Å². The largest absolute Gasteiger partial charge is 0.370 e. The highest BCUT2D eigenvalue weighted by atomic mass is 16.2.